The summed E-state index contributed by atoms with van der Waals surface area (Å²) in [7, 11) is 0. The first-order chi connectivity index (χ1) is 9.28. The molecule has 0 aliphatic heterocycles. The van der Waals surface area contributed by atoms with Gasteiger partial charge in [0.1, 0.15) is 6.07 Å². The molecular weight excluding hydrogens is 234 g/mol. The summed E-state index contributed by atoms with van der Waals surface area (Å²) < 4.78 is 0. The van der Waals surface area contributed by atoms with E-state index in [1.54, 1.807) is 6.20 Å². The average Bonchev–Trinajstić information content (AvgIpc) is 3.26. The number of nitriles is 1. The number of aryl methyl sites for hydroxylation is 1. The molecule has 3 heteroatoms. The van der Waals surface area contributed by atoms with Gasteiger partial charge in [-0.1, -0.05) is 18.2 Å². The van der Waals surface area contributed by atoms with Crippen molar-refractivity contribution < 1.29 is 0 Å². The van der Waals surface area contributed by atoms with Crippen LogP contribution < -0.4 is 5.32 Å². The molecule has 3 rings (SSSR count). The van der Waals surface area contributed by atoms with Crippen molar-refractivity contribution in [3.63, 3.8) is 0 Å². The van der Waals surface area contributed by atoms with Crippen molar-refractivity contribution in [2.75, 3.05) is 5.32 Å². The Labute approximate surface area is 112 Å². The van der Waals surface area contributed by atoms with Crippen LogP contribution in [0.25, 0.3) is 0 Å². The first-order valence-electron chi connectivity index (χ1n) is 6.50. The zero-order valence-corrected chi connectivity index (χ0v) is 10.9. The summed E-state index contributed by atoms with van der Waals surface area (Å²) in [6.45, 7) is 2.05. The number of benzene rings is 1. The van der Waals surface area contributed by atoms with Gasteiger partial charge in [0.2, 0.25) is 0 Å². The number of hydrogen-bond donors (Lipinski definition) is 1. The Balaban J connectivity index is 1.97. The van der Waals surface area contributed by atoms with Crippen LogP contribution in [0.3, 0.4) is 0 Å². The van der Waals surface area contributed by atoms with Gasteiger partial charge in [0.05, 0.1) is 11.3 Å². The maximum Gasteiger partial charge on any atom is 0.103 e. The van der Waals surface area contributed by atoms with E-state index in [0.29, 0.717) is 11.5 Å². The molecule has 94 valence electrons. The smallest absolute Gasteiger partial charge is 0.103 e. The van der Waals surface area contributed by atoms with E-state index in [4.69, 9.17) is 0 Å². The van der Waals surface area contributed by atoms with Gasteiger partial charge < -0.3 is 5.32 Å². The third-order valence-electron chi connectivity index (χ3n) is 3.46. The van der Waals surface area contributed by atoms with E-state index < -0.39 is 0 Å². The largest absolute Gasteiger partial charge is 0.354 e. The summed E-state index contributed by atoms with van der Waals surface area (Å²) in [4.78, 5) is 4.37. The Morgan fingerprint density at radius 1 is 1.26 bits per heavy atom. The molecule has 0 amide bonds. The third kappa shape index (κ3) is 2.43. The average molecular weight is 249 g/mol. The molecule has 1 aliphatic carbocycles. The lowest BCUT2D eigenvalue weighted by molar-refractivity contribution is 1.02. The van der Waals surface area contributed by atoms with Crippen LogP contribution in [0.1, 0.15) is 35.6 Å². The van der Waals surface area contributed by atoms with Gasteiger partial charge >= 0.3 is 0 Å². The lowest BCUT2D eigenvalue weighted by Crippen LogP contribution is -1.98. The van der Waals surface area contributed by atoms with Crippen LogP contribution in [0.5, 0.6) is 0 Å². The summed E-state index contributed by atoms with van der Waals surface area (Å²) in [6, 6.07) is 12.3. The molecule has 1 aliphatic rings. The van der Waals surface area contributed by atoms with Crippen molar-refractivity contribution in [1.82, 2.24) is 4.98 Å². The maximum absolute atomic E-state index is 9.18. The quantitative estimate of drug-likeness (QED) is 0.897. The zero-order valence-electron chi connectivity index (χ0n) is 10.9. The van der Waals surface area contributed by atoms with Gasteiger partial charge in [0.15, 0.2) is 0 Å². The van der Waals surface area contributed by atoms with E-state index in [1.165, 1.54) is 12.8 Å². The van der Waals surface area contributed by atoms with Crippen molar-refractivity contribution in [2.45, 2.75) is 25.7 Å². The van der Waals surface area contributed by atoms with Crippen LogP contribution in [-0.4, -0.2) is 4.98 Å². The van der Waals surface area contributed by atoms with E-state index in [-0.39, 0.29) is 0 Å². The Hall–Kier alpha value is -2.34. The van der Waals surface area contributed by atoms with Gasteiger partial charge in [0.25, 0.3) is 0 Å². The summed E-state index contributed by atoms with van der Waals surface area (Å²) >= 11 is 0. The highest BCUT2D eigenvalue weighted by atomic mass is 14.9. The fraction of sp³-hybridized carbons (Fsp3) is 0.250. The van der Waals surface area contributed by atoms with E-state index in [0.717, 1.165) is 22.6 Å². The minimum Gasteiger partial charge on any atom is -0.354 e. The maximum atomic E-state index is 9.18. The number of anilines is 2. The van der Waals surface area contributed by atoms with Crippen molar-refractivity contribution in [3.05, 3.63) is 53.3 Å². The third-order valence-corrected chi connectivity index (χ3v) is 3.46. The molecule has 3 nitrogen and oxygen atoms in total. The summed E-state index contributed by atoms with van der Waals surface area (Å²) in [5, 5.41) is 12.5. The second-order valence-corrected chi connectivity index (χ2v) is 4.98. The number of nitrogens with zero attached hydrogens (tertiary/aromatic N) is 2. The normalized spacial score (nSPS) is 13.9. The minimum atomic E-state index is 0.588. The minimum absolute atomic E-state index is 0.588. The highest BCUT2D eigenvalue weighted by Crippen LogP contribution is 2.40. The Kier molecular flexibility index (Phi) is 2.92. The zero-order chi connectivity index (χ0) is 13.2. The van der Waals surface area contributed by atoms with E-state index in [1.807, 2.05) is 24.3 Å². The van der Waals surface area contributed by atoms with Gasteiger partial charge in [0, 0.05) is 23.5 Å². The monoisotopic (exact) mass is 249 g/mol. The standard InChI is InChI=1S/C16H15N3/c1-11-4-2-3-5-14(11)19-16-8-15(12-6-7-12)18-10-13(16)9-17/h2-5,8,10,12H,6-7H2,1H3,(H,18,19). The summed E-state index contributed by atoms with van der Waals surface area (Å²) in [5.41, 5.74) is 4.74. The topological polar surface area (TPSA) is 48.7 Å². The van der Waals surface area contributed by atoms with E-state index >= 15 is 0 Å². The molecule has 0 radical (unpaired) electrons. The van der Waals surface area contributed by atoms with E-state index in [9.17, 15) is 5.26 Å². The molecule has 0 spiro atoms. The van der Waals surface area contributed by atoms with Crippen LogP contribution in [0.2, 0.25) is 0 Å². The number of hydrogen-bond acceptors (Lipinski definition) is 3. The SMILES string of the molecule is Cc1ccccc1Nc1cc(C2CC2)ncc1C#N. The predicted molar refractivity (Wildman–Crippen MR) is 75.4 cm³/mol. The number of nitrogens with one attached hydrogen (secondary N) is 1. The fourth-order valence-corrected chi connectivity index (χ4v) is 2.12. The van der Waals surface area contributed by atoms with Crippen molar-refractivity contribution in [3.8, 4) is 6.07 Å². The molecule has 1 N–H and O–H groups in total. The lowest BCUT2D eigenvalue weighted by atomic mass is 10.1. The molecule has 0 saturated heterocycles. The number of pyridine rings is 1. The van der Waals surface area contributed by atoms with E-state index in [2.05, 4.69) is 29.4 Å². The molecule has 1 saturated carbocycles. The number of aromatic nitrogens is 1. The molecule has 1 fully saturated rings. The molecule has 1 heterocycles. The van der Waals surface area contributed by atoms with Gasteiger partial charge in [-0.15, -0.1) is 0 Å². The van der Waals surface area contributed by atoms with Crippen LogP contribution >= 0.6 is 0 Å². The van der Waals surface area contributed by atoms with Crippen LogP contribution in [0.15, 0.2) is 36.5 Å². The first kappa shape index (κ1) is 11.7. The number of rotatable bonds is 3. The van der Waals surface area contributed by atoms with Crippen LogP contribution in [-0.2, 0) is 0 Å². The molecular formula is C16H15N3. The van der Waals surface area contributed by atoms with Crippen molar-refractivity contribution in [1.29, 1.82) is 5.26 Å². The van der Waals surface area contributed by atoms with Crippen molar-refractivity contribution in [2.24, 2.45) is 0 Å². The van der Waals surface area contributed by atoms with Gasteiger partial charge in [-0.05, 0) is 37.5 Å². The summed E-state index contributed by atoms with van der Waals surface area (Å²) in [5.74, 6) is 0.588. The molecule has 0 unspecified atom stereocenters. The lowest BCUT2D eigenvalue weighted by Gasteiger charge is -2.11. The van der Waals surface area contributed by atoms with Gasteiger partial charge in [-0.3, -0.25) is 4.98 Å². The van der Waals surface area contributed by atoms with Crippen LogP contribution in [0.4, 0.5) is 11.4 Å². The molecule has 2 aromatic rings. The molecule has 1 aromatic carbocycles. The van der Waals surface area contributed by atoms with Crippen molar-refractivity contribution >= 4 is 11.4 Å². The van der Waals surface area contributed by atoms with Gasteiger partial charge in [-0.2, -0.15) is 5.26 Å². The Bertz CT molecular complexity index is 651. The molecule has 19 heavy (non-hydrogen) atoms. The summed E-state index contributed by atoms with van der Waals surface area (Å²) in [6.07, 6.45) is 4.10. The predicted octanol–water partition coefficient (Wildman–Crippen LogP) is 3.88. The molecule has 0 atom stereocenters. The van der Waals surface area contributed by atoms with Gasteiger partial charge in [-0.25, -0.2) is 0 Å². The van der Waals surface area contributed by atoms with Crippen LogP contribution in [0, 0.1) is 18.3 Å². The molecule has 1 aromatic heterocycles. The molecule has 0 bridgehead atoms. The Morgan fingerprint density at radius 2 is 2.05 bits per heavy atom. The Morgan fingerprint density at radius 3 is 2.74 bits per heavy atom. The highest BCUT2D eigenvalue weighted by molar-refractivity contribution is 5.68. The number of para-hydroxylation sites is 1. The highest BCUT2D eigenvalue weighted by Gasteiger charge is 2.25. The second kappa shape index (κ2) is 4.74. The fourth-order valence-electron chi connectivity index (χ4n) is 2.12. The second-order valence-electron chi connectivity index (χ2n) is 4.98. The first-order valence-corrected chi connectivity index (χ1v) is 6.50.